The van der Waals surface area contributed by atoms with Crippen molar-refractivity contribution >= 4 is 5.91 Å². The predicted molar refractivity (Wildman–Crippen MR) is 94.9 cm³/mol. The summed E-state index contributed by atoms with van der Waals surface area (Å²) >= 11 is 0. The zero-order valence-electron chi connectivity index (χ0n) is 13.8. The van der Waals surface area contributed by atoms with Gasteiger partial charge in [-0.2, -0.15) is 0 Å². The summed E-state index contributed by atoms with van der Waals surface area (Å²) in [6.07, 6.45) is 0. The fourth-order valence-corrected chi connectivity index (χ4v) is 2.55. The second-order valence-electron chi connectivity index (χ2n) is 5.80. The summed E-state index contributed by atoms with van der Waals surface area (Å²) in [6, 6.07) is 17.2. The monoisotopic (exact) mass is 337 g/mol. The molecule has 0 fully saturated rings. The van der Waals surface area contributed by atoms with Gasteiger partial charge in [0.1, 0.15) is 5.69 Å². The molecule has 128 valence electrons. The van der Waals surface area contributed by atoms with E-state index in [0.717, 1.165) is 11.1 Å². The number of nitrogens with one attached hydrogen (secondary N) is 2. The van der Waals surface area contributed by atoms with Crippen LogP contribution < -0.4 is 10.9 Å². The Morgan fingerprint density at radius 1 is 1.16 bits per heavy atom. The Morgan fingerprint density at radius 3 is 2.48 bits per heavy atom. The second-order valence-corrected chi connectivity index (χ2v) is 5.80. The molecule has 1 heterocycles. The molecule has 0 unspecified atom stereocenters. The minimum Gasteiger partial charge on any atom is -0.394 e. The Labute approximate surface area is 144 Å². The van der Waals surface area contributed by atoms with Gasteiger partial charge in [0.05, 0.1) is 18.3 Å². The van der Waals surface area contributed by atoms with Gasteiger partial charge in [-0.15, -0.1) is 0 Å². The molecule has 3 aromatic rings. The molecule has 0 aliphatic rings. The largest absolute Gasteiger partial charge is 0.394 e. The predicted octanol–water partition coefficient (Wildman–Crippen LogP) is 1.94. The number of carbonyl (C=O) groups excluding carboxylic acids is 1. The molecule has 0 bridgehead atoms. The number of benzene rings is 2. The van der Waals surface area contributed by atoms with E-state index in [-0.39, 0.29) is 17.9 Å². The van der Waals surface area contributed by atoms with Crippen LogP contribution in [0.2, 0.25) is 0 Å². The van der Waals surface area contributed by atoms with Crippen molar-refractivity contribution in [1.29, 1.82) is 0 Å². The summed E-state index contributed by atoms with van der Waals surface area (Å²) in [4.78, 5) is 24.6. The van der Waals surface area contributed by atoms with E-state index in [0.29, 0.717) is 5.69 Å². The number of hydrogen-bond donors (Lipinski definition) is 3. The van der Waals surface area contributed by atoms with Gasteiger partial charge in [0.2, 0.25) is 0 Å². The summed E-state index contributed by atoms with van der Waals surface area (Å²) in [5.41, 5.74) is 2.33. The van der Waals surface area contributed by atoms with Crippen LogP contribution in [0.4, 0.5) is 0 Å². The van der Waals surface area contributed by atoms with Crippen molar-refractivity contribution in [3.8, 4) is 5.69 Å². The van der Waals surface area contributed by atoms with Gasteiger partial charge in [0.15, 0.2) is 0 Å². The molecule has 0 saturated carbocycles. The van der Waals surface area contributed by atoms with Crippen LogP contribution in [0.25, 0.3) is 5.69 Å². The lowest BCUT2D eigenvalue weighted by atomic mass is 10.1. The van der Waals surface area contributed by atoms with E-state index < -0.39 is 11.9 Å². The molecule has 3 N–H and O–H groups in total. The quantitative estimate of drug-likeness (QED) is 0.665. The van der Waals surface area contributed by atoms with E-state index in [9.17, 15) is 14.7 Å². The van der Waals surface area contributed by atoms with Crippen LogP contribution in [-0.2, 0) is 0 Å². The van der Waals surface area contributed by atoms with E-state index in [4.69, 9.17) is 0 Å². The lowest BCUT2D eigenvalue weighted by molar-refractivity contribution is 0.0910. The molecule has 6 nitrogen and oxygen atoms in total. The normalized spacial score (nSPS) is 11.9. The fraction of sp³-hybridized carbons (Fsp3) is 0.158. The standard InChI is InChI=1S/C19H19N3O3/c1-13-7-9-15(10-8-13)22-18(24)11-16(21-22)19(25)20-17(12-23)14-5-3-2-4-6-14/h2-11,17,21,23H,12H2,1H3,(H,20,25)/t17-/m1/s1. The third-order valence-electron chi connectivity index (χ3n) is 3.95. The van der Waals surface area contributed by atoms with Crippen LogP contribution in [0.1, 0.15) is 27.7 Å². The lowest BCUT2D eigenvalue weighted by Gasteiger charge is -2.16. The molecule has 2 aromatic carbocycles. The maximum atomic E-state index is 12.4. The van der Waals surface area contributed by atoms with Crippen LogP contribution in [0, 0.1) is 6.92 Å². The summed E-state index contributed by atoms with van der Waals surface area (Å²) in [5.74, 6) is -0.453. The number of nitrogens with zero attached hydrogens (tertiary/aromatic N) is 1. The highest BCUT2D eigenvalue weighted by Crippen LogP contribution is 2.12. The maximum Gasteiger partial charge on any atom is 0.271 e. The zero-order valence-corrected chi connectivity index (χ0v) is 13.8. The number of H-pyrrole nitrogens is 1. The third kappa shape index (κ3) is 3.70. The molecular formula is C19H19N3O3. The maximum absolute atomic E-state index is 12.4. The van der Waals surface area contributed by atoms with Gasteiger partial charge in [-0.05, 0) is 24.6 Å². The molecule has 3 rings (SSSR count). The minimum atomic E-state index is -0.542. The van der Waals surface area contributed by atoms with Crippen molar-refractivity contribution in [3.63, 3.8) is 0 Å². The number of rotatable bonds is 5. The van der Waals surface area contributed by atoms with Crippen molar-refractivity contribution in [2.45, 2.75) is 13.0 Å². The molecule has 0 saturated heterocycles. The first kappa shape index (κ1) is 16.7. The number of aliphatic hydroxyl groups excluding tert-OH is 1. The van der Waals surface area contributed by atoms with E-state index in [1.54, 1.807) is 12.1 Å². The lowest BCUT2D eigenvalue weighted by Crippen LogP contribution is -2.31. The van der Waals surface area contributed by atoms with Crippen LogP contribution in [0.5, 0.6) is 0 Å². The molecule has 0 aliphatic heterocycles. The van der Waals surface area contributed by atoms with Crippen molar-refractivity contribution in [1.82, 2.24) is 15.1 Å². The summed E-state index contributed by atoms with van der Waals surface area (Å²) < 4.78 is 1.31. The van der Waals surface area contributed by atoms with Gasteiger partial charge in [0.25, 0.3) is 11.5 Å². The van der Waals surface area contributed by atoms with Crippen molar-refractivity contribution in [2.75, 3.05) is 6.61 Å². The smallest absolute Gasteiger partial charge is 0.271 e. The average Bonchev–Trinajstić information content (AvgIpc) is 3.03. The number of aromatic nitrogens is 2. The molecule has 1 aromatic heterocycles. The van der Waals surface area contributed by atoms with E-state index in [1.165, 1.54) is 10.7 Å². The molecule has 0 spiro atoms. The third-order valence-corrected chi connectivity index (χ3v) is 3.95. The van der Waals surface area contributed by atoms with E-state index in [2.05, 4.69) is 10.4 Å². The number of aliphatic hydroxyl groups is 1. The molecule has 1 atom stereocenters. The summed E-state index contributed by atoms with van der Waals surface area (Å²) in [6.45, 7) is 1.72. The number of hydrogen-bond acceptors (Lipinski definition) is 3. The molecule has 0 radical (unpaired) electrons. The highest BCUT2D eigenvalue weighted by atomic mass is 16.3. The first-order valence-electron chi connectivity index (χ1n) is 7.94. The molecular weight excluding hydrogens is 318 g/mol. The number of aromatic amines is 1. The van der Waals surface area contributed by atoms with Crippen molar-refractivity contribution < 1.29 is 9.90 Å². The van der Waals surface area contributed by atoms with Crippen molar-refractivity contribution in [2.24, 2.45) is 0 Å². The first-order valence-corrected chi connectivity index (χ1v) is 7.94. The van der Waals surface area contributed by atoms with Crippen LogP contribution in [-0.4, -0.2) is 27.4 Å². The molecule has 0 aliphatic carbocycles. The number of aryl methyl sites for hydroxylation is 1. The summed E-state index contributed by atoms with van der Waals surface area (Å²) in [7, 11) is 0. The Hall–Kier alpha value is -3.12. The van der Waals surface area contributed by atoms with Gasteiger partial charge < -0.3 is 10.4 Å². The Bertz CT molecular complexity index is 911. The SMILES string of the molecule is Cc1ccc(-n2[nH]c(C(=O)N[C@H](CO)c3ccccc3)cc2=O)cc1. The van der Waals surface area contributed by atoms with Crippen LogP contribution in [0.3, 0.4) is 0 Å². The fourth-order valence-electron chi connectivity index (χ4n) is 2.55. The van der Waals surface area contributed by atoms with Gasteiger partial charge in [-0.1, -0.05) is 48.0 Å². The van der Waals surface area contributed by atoms with Gasteiger partial charge in [0, 0.05) is 6.07 Å². The number of carbonyl (C=O) groups is 1. The van der Waals surface area contributed by atoms with Crippen molar-refractivity contribution in [3.05, 3.63) is 87.8 Å². The van der Waals surface area contributed by atoms with Crippen LogP contribution in [0.15, 0.2) is 65.5 Å². The van der Waals surface area contributed by atoms with Gasteiger partial charge >= 0.3 is 0 Å². The highest BCUT2D eigenvalue weighted by molar-refractivity contribution is 5.92. The highest BCUT2D eigenvalue weighted by Gasteiger charge is 2.17. The molecule has 25 heavy (non-hydrogen) atoms. The Morgan fingerprint density at radius 2 is 1.84 bits per heavy atom. The van der Waals surface area contributed by atoms with E-state index in [1.807, 2.05) is 49.4 Å². The van der Waals surface area contributed by atoms with E-state index >= 15 is 0 Å². The average molecular weight is 337 g/mol. The minimum absolute atomic E-state index is 0.139. The van der Waals surface area contributed by atoms with Crippen LogP contribution >= 0.6 is 0 Å². The van der Waals surface area contributed by atoms with Gasteiger partial charge in [-0.3, -0.25) is 14.7 Å². The molecule has 6 heteroatoms. The first-order chi connectivity index (χ1) is 12.1. The second kappa shape index (κ2) is 7.19. The zero-order chi connectivity index (χ0) is 17.8. The molecule has 1 amide bonds. The van der Waals surface area contributed by atoms with Gasteiger partial charge in [-0.25, -0.2) is 4.68 Å². The Kier molecular flexibility index (Phi) is 4.81. The summed E-state index contributed by atoms with van der Waals surface area (Å²) in [5, 5.41) is 15.1. The Balaban J connectivity index is 1.82. The number of amides is 1. The topological polar surface area (TPSA) is 87.1 Å².